The number of aromatic nitrogens is 1. The van der Waals surface area contributed by atoms with E-state index >= 15 is 0 Å². The first-order valence-electron chi connectivity index (χ1n) is 4.82. The molecular weight excluding hydrogens is 281 g/mol. The lowest BCUT2D eigenvalue weighted by molar-refractivity contribution is 0.0691. The fourth-order valence-corrected chi connectivity index (χ4v) is 1.74. The zero-order chi connectivity index (χ0) is 13.1. The van der Waals surface area contributed by atoms with Crippen molar-refractivity contribution in [3.8, 4) is 5.75 Å². The van der Waals surface area contributed by atoms with E-state index in [1.807, 2.05) is 0 Å². The number of ether oxygens (including phenoxy) is 1. The van der Waals surface area contributed by atoms with Crippen LogP contribution in [0.15, 0.2) is 28.9 Å². The average Bonchev–Trinajstić information content (AvgIpc) is 2.76. The normalized spacial score (nSPS) is 10.3. The number of rotatable bonds is 4. The summed E-state index contributed by atoms with van der Waals surface area (Å²) in [6, 6.07) is 4.72. The molecule has 7 heteroatoms. The van der Waals surface area contributed by atoms with Crippen LogP contribution in [0.1, 0.15) is 16.1 Å². The average molecular weight is 288 g/mol. The lowest BCUT2D eigenvalue weighted by Crippen LogP contribution is -2.02. The summed E-state index contributed by atoms with van der Waals surface area (Å²) in [5.41, 5.74) is -0.0416. The zero-order valence-corrected chi connectivity index (χ0v) is 10.4. The molecule has 0 saturated carbocycles. The van der Waals surface area contributed by atoms with Crippen molar-refractivity contribution in [2.45, 2.75) is 6.61 Å². The van der Waals surface area contributed by atoms with Crippen molar-refractivity contribution in [1.29, 1.82) is 0 Å². The van der Waals surface area contributed by atoms with Gasteiger partial charge in [0.05, 0.1) is 11.2 Å². The van der Waals surface area contributed by atoms with E-state index in [1.54, 1.807) is 12.1 Å². The second-order valence-corrected chi connectivity index (χ2v) is 4.17. The molecule has 0 amide bonds. The molecule has 1 heterocycles. The Labute approximate surface area is 112 Å². The third-order valence-corrected chi connectivity index (χ3v) is 2.66. The number of benzene rings is 1. The number of carboxylic acids is 1. The molecule has 0 aliphatic heterocycles. The summed E-state index contributed by atoms with van der Waals surface area (Å²) >= 11 is 11.6. The monoisotopic (exact) mass is 287 g/mol. The van der Waals surface area contributed by atoms with Gasteiger partial charge in [0.25, 0.3) is 0 Å². The van der Waals surface area contributed by atoms with Crippen molar-refractivity contribution >= 4 is 29.2 Å². The molecule has 94 valence electrons. The molecule has 0 radical (unpaired) electrons. The van der Waals surface area contributed by atoms with Crippen molar-refractivity contribution in [2.24, 2.45) is 0 Å². The first kappa shape index (κ1) is 12.7. The second kappa shape index (κ2) is 5.29. The summed E-state index contributed by atoms with van der Waals surface area (Å²) in [4.78, 5) is 10.8. The maximum atomic E-state index is 10.8. The molecule has 0 atom stereocenters. The van der Waals surface area contributed by atoms with Gasteiger partial charge in [-0.3, -0.25) is 0 Å². The minimum Gasteiger partial charge on any atom is -0.484 e. The van der Waals surface area contributed by atoms with Crippen molar-refractivity contribution in [2.75, 3.05) is 0 Å². The molecule has 0 aliphatic rings. The molecule has 1 aromatic carbocycles. The molecule has 18 heavy (non-hydrogen) atoms. The van der Waals surface area contributed by atoms with E-state index in [0.29, 0.717) is 15.8 Å². The molecule has 5 nitrogen and oxygen atoms in total. The summed E-state index contributed by atoms with van der Waals surface area (Å²) in [6.45, 7) is -0.0804. The van der Waals surface area contributed by atoms with Crippen LogP contribution >= 0.6 is 23.2 Å². The fraction of sp³-hybridized carbons (Fsp3) is 0.0909. The molecule has 0 aliphatic carbocycles. The number of hydrogen-bond acceptors (Lipinski definition) is 4. The van der Waals surface area contributed by atoms with Gasteiger partial charge < -0.3 is 14.4 Å². The summed E-state index contributed by atoms with van der Waals surface area (Å²) in [6.07, 6.45) is 1.12. The van der Waals surface area contributed by atoms with Crippen LogP contribution in [0, 0.1) is 0 Å². The molecule has 0 unspecified atom stereocenters. The minimum absolute atomic E-state index is 0.0416. The Morgan fingerprint density at radius 2 is 2.22 bits per heavy atom. The topological polar surface area (TPSA) is 72.6 Å². The van der Waals surface area contributed by atoms with Gasteiger partial charge in [0.15, 0.2) is 5.76 Å². The summed E-state index contributed by atoms with van der Waals surface area (Å²) < 4.78 is 10.1. The van der Waals surface area contributed by atoms with Crippen molar-refractivity contribution in [3.63, 3.8) is 0 Å². The predicted molar refractivity (Wildman–Crippen MR) is 64.3 cm³/mol. The highest BCUT2D eigenvalue weighted by Gasteiger charge is 2.16. The highest BCUT2D eigenvalue weighted by molar-refractivity contribution is 6.35. The fourth-order valence-electron chi connectivity index (χ4n) is 1.28. The first-order valence-corrected chi connectivity index (χ1v) is 5.58. The Morgan fingerprint density at radius 3 is 2.89 bits per heavy atom. The van der Waals surface area contributed by atoms with Gasteiger partial charge in [-0.2, -0.15) is 0 Å². The number of carbonyl (C=O) groups is 1. The Morgan fingerprint density at radius 1 is 1.44 bits per heavy atom. The maximum absolute atomic E-state index is 10.8. The van der Waals surface area contributed by atoms with Crippen LogP contribution in [0.25, 0.3) is 0 Å². The Balaban J connectivity index is 2.11. The molecule has 2 rings (SSSR count). The Bertz CT molecular complexity index is 582. The SMILES string of the molecule is O=C(O)c1cnoc1COc1ccc(Cl)cc1Cl. The number of halogens is 2. The maximum Gasteiger partial charge on any atom is 0.341 e. The van der Waals surface area contributed by atoms with Crippen molar-refractivity contribution < 1.29 is 19.2 Å². The number of carboxylic acid groups (broad SMARTS) is 1. The van der Waals surface area contributed by atoms with Crippen LogP contribution in [0.5, 0.6) is 5.75 Å². The lowest BCUT2D eigenvalue weighted by Gasteiger charge is -2.06. The van der Waals surface area contributed by atoms with E-state index in [0.717, 1.165) is 6.20 Å². The van der Waals surface area contributed by atoms with Crippen LogP contribution in [0.3, 0.4) is 0 Å². The van der Waals surface area contributed by atoms with Crippen molar-refractivity contribution in [3.05, 3.63) is 45.8 Å². The van der Waals surface area contributed by atoms with E-state index in [1.165, 1.54) is 6.07 Å². The summed E-state index contributed by atoms with van der Waals surface area (Å²) in [7, 11) is 0. The quantitative estimate of drug-likeness (QED) is 0.934. The van der Waals surface area contributed by atoms with Gasteiger partial charge in [-0.05, 0) is 18.2 Å². The van der Waals surface area contributed by atoms with E-state index in [-0.39, 0.29) is 17.9 Å². The van der Waals surface area contributed by atoms with E-state index in [9.17, 15) is 4.79 Å². The van der Waals surface area contributed by atoms with Gasteiger partial charge in [0.2, 0.25) is 0 Å². The highest BCUT2D eigenvalue weighted by atomic mass is 35.5. The van der Waals surface area contributed by atoms with Gasteiger partial charge in [0.1, 0.15) is 17.9 Å². The van der Waals surface area contributed by atoms with Crippen molar-refractivity contribution in [1.82, 2.24) is 5.16 Å². The largest absolute Gasteiger partial charge is 0.484 e. The van der Waals surface area contributed by atoms with Gasteiger partial charge in [-0.1, -0.05) is 28.4 Å². The number of hydrogen-bond donors (Lipinski definition) is 1. The zero-order valence-electron chi connectivity index (χ0n) is 8.89. The van der Waals surface area contributed by atoms with Crippen LogP contribution < -0.4 is 4.74 Å². The highest BCUT2D eigenvalue weighted by Crippen LogP contribution is 2.28. The van der Waals surface area contributed by atoms with Crippen LogP contribution in [0.4, 0.5) is 0 Å². The van der Waals surface area contributed by atoms with Crippen LogP contribution in [-0.4, -0.2) is 16.2 Å². The Hall–Kier alpha value is -1.72. The van der Waals surface area contributed by atoms with E-state index < -0.39 is 5.97 Å². The smallest absolute Gasteiger partial charge is 0.341 e. The van der Waals surface area contributed by atoms with Gasteiger partial charge in [0, 0.05) is 5.02 Å². The van der Waals surface area contributed by atoms with Gasteiger partial charge >= 0.3 is 5.97 Å². The van der Waals surface area contributed by atoms with Gasteiger partial charge in [-0.25, -0.2) is 4.79 Å². The van der Waals surface area contributed by atoms with E-state index in [2.05, 4.69) is 5.16 Å². The molecule has 2 aromatic rings. The molecule has 0 fully saturated rings. The third-order valence-electron chi connectivity index (χ3n) is 2.13. The van der Waals surface area contributed by atoms with E-state index in [4.69, 9.17) is 37.6 Å². The Kier molecular flexibility index (Phi) is 3.74. The molecule has 0 spiro atoms. The molecule has 1 N–H and O–H groups in total. The summed E-state index contributed by atoms with van der Waals surface area (Å²) in [5.74, 6) is -0.626. The first-order chi connectivity index (χ1) is 8.58. The molecular formula is C11H7Cl2NO4. The van der Waals surface area contributed by atoms with Crippen LogP contribution in [-0.2, 0) is 6.61 Å². The number of aromatic carboxylic acids is 1. The third kappa shape index (κ3) is 2.75. The lowest BCUT2D eigenvalue weighted by atomic mass is 10.3. The predicted octanol–water partition coefficient (Wildman–Crippen LogP) is 3.26. The standard InChI is InChI=1S/C11H7Cl2NO4/c12-6-1-2-9(8(13)3-6)17-5-10-7(11(15)16)4-14-18-10/h1-4H,5H2,(H,15,16). The summed E-state index contributed by atoms with van der Waals surface area (Å²) in [5, 5.41) is 13.1. The minimum atomic E-state index is -1.13. The molecule has 0 saturated heterocycles. The van der Waals surface area contributed by atoms with Crippen LogP contribution in [0.2, 0.25) is 10.0 Å². The number of nitrogens with zero attached hydrogens (tertiary/aromatic N) is 1. The molecule has 1 aromatic heterocycles. The second-order valence-electron chi connectivity index (χ2n) is 3.33. The van der Waals surface area contributed by atoms with Gasteiger partial charge in [-0.15, -0.1) is 0 Å². The molecule has 0 bridgehead atoms.